The minimum absolute atomic E-state index is 0.0188. The number of carbonyl (C=O) groups excluding carboxylic acids is 1. The summed E-state index contributed by atoms with van der Waals surface area (Å²) in [5.41, 5.74) is 0. The molecule has 0 saturated heterocycles. The zero-order valence-corrected chi connectivity index (χ0v) is 13.0. The van der Waals surface area contributed by atoms with Crippen LogP contribution in [0.25, 0.3) is 0 Å². The number of aromatic nitrogens is 2. The summed E-state index contributed by atoms with van der Waals surface area (Å²) in [7, 11) is 0. The van der Waals surface area contributed by atoms with E-state index in [1.807, 2.05) is 18.2 Å². The lowest BCUT2D eigenvalue weighted by atomic mass is 10.2. The molecule has 2 aromatic rings. The van der Waals surface area contributed by atoms with E-state index in [0.29, 0.717) is 11.6 Å². The van der Waals surface area contributed by atoms with Crippen LogP contribution in [0.3, 0.4) is 0 Å². The lowest BCUT2D eigenvalue weighted by Crippen LogP contribution is -2.10. The standard InChI is InChI=1S/C14H17N3OS2/c1-2-3-9-12(18)15-14-17-16-13(20-14)10-19-11-7-5-4-6-8-11/h4-8H,2-3,9-10H2,1H3,(H,15,17,18). The molecule has 0 unspecified atom stereocenters. The van der Waals surface area contributed by atoms with Crippen molar-refractivity contribution in [2.75, 3.05) is 5.32 Å². The first kappa shape index (κ1) is 15.0. The number of nitrogens with zero attached hydrogens (tertiary/aromatic N) is 2. The van der Waals surface area contributed by atoms with Gasteiger partial charge in [0.2, 0.25) is 11.0 Å². The molecule has 1 amide bonds. The first-order chi connectivity index (χ1) is 9.78. The molecule has 20 heavy (non-hydrogen) atoms. The molecule has 1 aromatic carbocycles. The number of benzene rings is 1. The second-order valence-corrected chi connectivity index (χ2v) is 6.37. The minimum Gasteiger partial charge on any atom is -0.301 e. The van der Waals surface area contributed by atoms with Crippen molar-refractivity contribution in [3.63, 3.8) is 0 Å². The van der Waals surface area contributed by atoms with Crippen LogP contribution in [0.5, 0.6) is 0 Å². The Labute approximate surface area is 127 Å². The van der Waals surface area contributed by atoms with Crippen LogP contribution in [0.1, 0.15) is 31.2 Å². The van der Waals surface area contributed by atoms with Crippen molar-refractivity contribution in [1.29, 1.82) is 0 Å². The van der Waals surface area contributed by atoms with E-state index in [1.165, 1.54) is 16.2 Å². The van der Waals surface area contributed by atoms with Crippen molar-refractivity contribution in [2.24, 2.45) is 0 Å². The van der Waals surface area contributed by atoms with Gasteiger partial charge >= 0.3 is 0 Å². The van der Waals surface area contributed by atoms with Gasteiger partial charge in [0.15, 0.2) is 0 Å². The smallest absolute Gasteiger partial charge is 0.226 e. The fourth-order valence-corrected chi connectivity index (χ4v) is 3.20. The van der Waals surface area contributed by atoms with Crippen LogP contribution in [0, 0.1) is 0 Å². The zero-order valence-electron chi connectivity index (χ0n) is 11.3. The molecule has 0 aliphatic carbocycles. The molecule has 0 fully saturated rings. The van der Waals surface area contributed by atoms with Crippen LogP contribution < -0.4 is 5.32 Å². The van der Waals surface area contributed by atoms with Crippen molar-refractivity contribution in [1.82, 2.24) is 10.2 Å². The molecule has 0 atom stereocenters. The second kappa shape index (κ2) is 8.01. The van der Waals surface area contributed by atoms with E-state index in [0.717, 1.165) is 23.6 Å². The van der Waals surface area contributed by atoms with Gasteiger partial charge in [-0.25, -0.2) is 0 Å². The molecule has 0 bridgehead atoms. The highest BCUT2D eigenvalue weighted by Crippen LogP contribution is 2.25. The highest BCUT2D eigenvalue weighted by molar-refractivity contribution is 7.98. The summed E-state index contributed by atoms with van der Waals surface area (Å²) in [6.07, 6.45) is 2.47. The fourth-order valence-electron chi connectivity index (χ4n) is 1.54. The van der Waals surface area contributed by atoms with Crippen LogP contribution >= 0.6 is 23.1 Å². The van der Waals surface area contributed by atoms with Gasteiger partial charge in [0, 0.05) is 11.3 Å². The van der Waals surface area contributed by atoms with Crippen LogP contribution in [-0.2, 0) is 10.5 Å². The van der Waals surface area contributed by atoms with Crippen molar-refractivity contribution >= 4 is 34.1 Å². The van der Waals surface area contributed by atoms with Crippen molar-refractivity contribution in [3.05, 3.63) is 35.3 Å². The predicted octanol–water partition coefficient (Wildman–Crippen LogP) is 3.96. The van der Waals surface area contributed by atoms with E-state index in [9.17, 15) is 4.79 Å². The van der Waals surface area contributed by atoms with Crippen molar-refractivity contribution < 1.29 is 4.79 Å². The summed E-state index contributed by atoms with van der Waals surface area (Å²) in [4.78, 5) is 12.8. The summed E-state index contributed by atoms with van der Waals surface area (Å²) in [5, 5.41) is 12.4. The Morgan fingerprint density at radius 3 is 2.85 bits per heavy atom. The van der Waals surface area contributed by atoms with Gasteiger partial charge in [-0.15, -0.1) is 22.0 Å². The van der Waals surface area contributed by atoms with Gasteiger partial charge in [-0.1, -0.05) is 42.9 Å². The molecule has 0 spiro atoms. The molecular formula is C14H17N3OS2. The number of rotatable bonds is 7. The SMILES string of the molecule is CCCCC(=O)Nc1nnc(CSc2ccccc2)s1. The van der Waals surface area contributed by atoms with E-state index < -0.39 is 0 Å². The molecule has 0 radical (unpaired) electrons. The third-order valence-electron chi connectivity index (χ3n) is 2.58. The summed E-state index contributed by atoms with van der Waals surface area (Å²) in [6.45, 7) is 2.07. The zero-order chi connectivity index (χ0) is 14.2. The van der Waals surface area contributed by atoms with Gasteiger partial charge in [-0.2, -0.15) is 0 Å². The van der Waals surface area contributed by atoms with Crippen molar-refractivity contribution in [3.8, 4) is 0 Å². The van der Waals surface area contributed by atoms with Gasteiger partial charge in [0.05, 0.1) is 5.75 Å². The molecule has 106 valence electrons. The molecule has 1 N–H and O–H groups in total. The number of amides is 1. The Bertz CT molecular complexity index is 542. The Morgan fingerprint density at radius 2 is 2.10 bits per heavy atom. The van der Waals surface area contributed by atoms with Gasteiger partial charge in [0.25, 0.3) is 0 Å². The number of anilines is 1. The Morgan fingerprint density at radius 1 is 1.30 bits per heavy atom. The highest BCUT2D eigenvalue weighted by Gasteiger charge is 2.08. The molecule has 0 aliphatic heterocycles. The summed E-state index contributed by atoms with van der Waals surface area (Å²) in [5.74, 6) is 0.789. The maximum atomic E-state index is 11.6. The van der Waals surface area contributed by atoms with Crippen LogP contribution in [0.2, 0.25) is 0 Å². The molecule has 1 heterocycles. The molecule has 4 nitrogen and oxygen atoms in total. The summed E-state index contributed by atoms with van der Waals surface area (Å²) in [6, 6.07) is 10.2. The first-order valence-corrected chi connectivity index (χ1v) is 8.38. The van der Waals surface area contributed by atoms with E-state index in [4.69, 9.17) is 0 Å². The molecule has 6 heteroatoms. The average Bonchev–Trinajstić information content (AvgIpc) is 2.91. The van der Waals surface area contributed by atoms with Crippen LogP contribution in [-0.4, -0.2) is 16.1 Å². The molecule has 0 saturated carbocycles. The highest BCUT2D eigenvalue weighted by atomic mass is 32.2. The average molecular weight is 307 g/mol. The summed E-state index contributed by atoms with van der Waals surface area (Å²) >= 11 is 3.15. The van der Waals surface area contributed by atoms with Gasteiger partial charge in [0.1, 0.15) is 5.01 Å². The third kappa shape index (κ3) is 4.94. The molecular weight excluding hydrogens is 290 g/mol. The summed E-state index contributed by atoms with van der Waals surface area (Å²) < 4.78 is 0. The first-order valence-electron chi connectivity index (χ1n) is 6.58. The third-order valence-corrected chi connectivity index (χ3v) is 4.62. The monoisotopic (exact) mass is 307 g/mol. The fraction of sp³-hybridized carbons (Fsp3) is 0.357. The van der Waals surface area contributed by atoms with Gasteiger partial charge in [-0.3, -0.25) is 4.79 Å². The van der Waals surface area contributed by atoms with E-state index in [2.05, 4.69) is 34.6 Å². The Kier molecular flexibility index (Phi) is 6.01. The van der Waals surface area contributed by atoms with E-state index in [-0.39, 0.29) is 5.91 Å². The van der Waals surface area contributed by atoms with E-state index >= 15 is 0 Å². The molecule has 1 aromatic heterocycles. The number of thioether (sulfide) groups is 1. The predicted molar refractivity (Wildman–Crippen MR) is 84.1 cm³/mol. The topological polar surface area (TPSA) is 54.9 Å². The van der Waals surface area contributed by atoms with Crippen molar-refractivity contribution in [2.45, 2.75) is 36.8 Å². The number of hydrogen-bond acceptors (Lipinski definition) is 5. The number of nitrogens with one attached hydrogen (secondary N) is 1. The maximum absolute atomic E-state index is 11.6. The van der Waals surface area contributed by atoms with Gasteiger partial charge in [-0.05, 0) is 18.6 Å². The lowest BCUT2D eigenvalue weighted by Gasteiger charge is -1.98. The number of carbonyl (C=O) groups is 1. The molecule has 0 aliphatic rings. The second-order valence-electron chi connectivity index (χ2n) is 4.25. The maximum Gasteiger partial charge on any atom is 0.226 e. The molecule has 2 rings (SSSR count). The lowest BCUT2D eigenvalue weighted by molar-refractivity contribution is -0.116. The number of hydrogen-bond donors (Lipinski definition) is 1. The van der Waals surface area contributed by atoms with Gasteiger partial charge < -0.3 is 5.32 Å². The Hall–Kier alpha value is -1.40. The Balaban J connectivity index is 1.81. The minimum atomic E-state index is 0.0188. The largest absolute Gasteiger partial charge is 0.301 e. The van der Waals surface area contributed by atoms with Crippen LogP contribution in [0.4, 0.5) is 5.13 Å². The van der Waals surface area contributed by atoms with E-state index in [1.54, 1.807) is 11.8 Å². The normalized spacial score (nSPS) is 10.4. The van der Waals surface area contributed by atoms with Crippen LogP contribution in [0.15, 0.2) is 35.2 Å². The quantitative estimate of drug-likeness (QED) is 0.787. The number of unbranched alkanes of at least 4 members (excludes halogenated alkanes) is 1.